The molecule has 1 atom stereocenters. The Balaban J connectivity index is 2.81. The van der Waals surface area contributed by atoms with Gasteiger partial charge in [-0.05, 0) is 38.7 Å². The monoisotopic (exact) mass is 352 g/mol. The zero-order valence-corrected chi connectivity index (χ0v) is 16.3. The van der Waals surface area contributed by atoms with Crippen LogP contribution in [0.1, 0.15) is 46.2 Å². The fraction of sp³-hybridized carbons (Fsp3) is 0.684. The lowest BCUT2D eigenvalue weighted by Gasteiger charge is -2.30. The molecule has 0 aliphatic rings. The highest BCUT2D eigenvalue weighted by Gasteiger charge is 2.35. The highest BCUT2D eigenvalue weighted by Crippen LogP contribution is 2.25. The Morgan fingerprint density at radius 3 is 2.56 bits per heavy atom. The molecule has 1 heterocycles. The molecule has 6 nitrogen and oxygen atoms in total. The number of rotatable bonds is 11. The predicted molar refractivity (Wildman–Crippen MR) is 99.1 cm³/mol. The largest absolute Gasteiger partial charge is 0.475 e. The van der Waals surface area contributed by atoms with E-state index in [1.54, 1.807) is 19.2 Å². The van der Waals surface area contributed by atoms with Crippen LogP contribution in [0.15, 0.2) is 12.1 Å². The van der Waals surface area contributed by atoms with Gasteiger partial charge in [0.25, 0.3) is 5.91 Å². The Morgan fingerprint density at radius 1 is 1.28 bits per heavy atom. The smallest absolute Gasteiger partial charge is 0.256 e. The maximum atomic E-state index is 12.8. The molecular formula is C19H32N2O4. The van der Waals surface area contributed by atoms with Gasteiger partial charge in [0.15, 0.2) is 0 Å². The number of carbonyl (C=O) groups excluding carboxylic acids is 1. The van der Waals surface area contributed by atoms with Crippen LogP contribution in [0.5, 0.6) is 5.88 Å². The van der Waals surface area contributed by atoms with Crippen molar-refractivity contribution in [3.63, 3.8) is 0 Å². The van der Waals surface area contributed by atoms with Crippen molar-refractivity contribution in [2.75, 3.05) is 32.2 Å². The molecule has 1 aromatic heterocycles. The van der Waals surface area contributed by atoms with Crippen molar-refractivity contribution in [3.05, 3.63) is 17.8 Å². The van der Waals surface area contributed by atoms with Crippen molar-refractivity contribution in [3.8, 4) is 5.88 Å². The fourth-order valence-corrected chi connectivity index (χ4v) is 2.56. The van der Waals surface area contributed by atoms with Crippen molar-refractivity contribution < 1.29 is 19.0 Å². The second kappa shape index (κ2) is 10.4. The molecule has 1 rings (SSSR count). The highest BCUT2D eigenvalue weighted by molar-refractivity contribution is 5.97. The minimum Gasteiger partial charge on any atom is -0.475 e. The van der Waals surface area contributed by atoms with Crippen LogP contribution in [-0.4, -0.2) is 43.4 Å². The van der Waals surface area contributed by atoms with Gasteiger partial charge < -0.3 is 19.5 Å². The van der Waals surface area contributed by atoms with Gasteiger partial charge in [0, 0.05) is 19.8 Å². The molecule has 0 aliphatic heterocycles. The van der Waals surface area contributed by atoms with E-state index in [1.165, 1.54) is 0 Å². The van der Waals surface area contributed by atoms with E-state index >= 15 is 0 Å². The van der Waals surface area contributed by atoms with Crippen LogP contribution in [-0.2, 0) is 14.3 Å². The van der Waals surface area contributed by atoms with E-state index in [9.17, 15) is 4.79 Å². The predicted octanol–water partition coefficient (Wildman–Crippen LogP) is 3.59. The summed E-state index contributed by atoms with van der Waals surface area (Å²) in [6, 6.07) is 3.54. The molecule has 0 saturated carbocycles. The lowest BCUT2D eigenvalue weighted by molar-refractivity contribution is -0.141. The molecule has 0 radical (unpaired) electrons. The number of anilines is 1. The van der Waals surface area contributed by atoms with Gasteiger partial charge >= 0.3 is 0 Å². The van der Waals surface area contributed by atoms with Crippen molar-refractivity contribution in [2.24, 2.45) is 5.92 Å². The van der Waals surface area contributed by atoms with Crippen LogP contribution < -0.4 is 10.1 Å². The van der Waals surface area contributed by atoms with E-state index in [0.717, 1.165) is 6.42 Å². The fourth-order valence-electron chi connectivity index (χ4n) is 2.56. The van der Waals surface area contributed by atoms with Crippen molar-refractivity contribution in [2.45, 2.75) is 53.1 Å². The number of aromatic nitrogens is 1. The number of methoxy groups -OCH3 is 1. The third-order valence-corrected chi connectivity index (χ3v) is 3.75. The first-order chi connectivity index (χ1) is 11.8. The first kappa shape index (κ1) is 21.4. The van der Waals surface area contributed by atoms with E-state index in [1.807, 2.05) is 20.8 Å². The van der Waals surface area contributed by atoms with E-state index in [4.69, 9.17) is 14.2 Å². The molecule has 0 spiro atoms. The number of amides is 1. The van der Waals surface area contributed by atoms with Crippen molar-refractivity contribution >= 4 is 11.6 Å². The molecule has 1 amide bonds. The number of nitrogens with zero attached hydrogens (tertiary/aromatic N) is 1. The van der Waals surface area contributed by atoms with Crippen LogP contribution in [0.4, 0.5) is 5.69 Å². The Morgan fingerprint density at radius 2 is 2.00 bits per heavy atom. The number of aryl methyl sites for hydroxylation is 1. The number of carbonyl (C=O) groups is 1. The topological polar surface area (TPSA) is 69.7 Å². The second-order valence-electron chi connectivity index (χ2n) is 6.76. The standard InChI is InChI=1S/C19H32N2O4/c1-7-10-25-19(5,13-14(2)3)18(22)21-16-8-9-17(20-15(16)4)24-12-11-23-6/h8-9,14H,7,10-13H2,1-6H3,(H,21,22)/t19-/m0/s1. The molecule has 1 N–H and O–H groups in total. The summed E-state index contributed by atoms with van der Waals surface area (Å²) >= 11 is 0. The van der Waals surface area contributed by atoms with Gasteiger partial charge in [-0.25, -0.2) is 4.98 Å². The Hall–Kier alpha value is -1.66. The minimum absolute atomic E-state index is 0.146. The SMILES string of the molecule is CCCO[C@@](C)(CC(C)C)C(=O)Nc1ccc(OCCOC)nc1C. The molecule has 1 aromatic rings. The summed E-state index contributed by atoms with van der Waals surface area (Å²) in [5.41, 5.74) is 0.509. The summed E-state index contributed by atoms with van der Waals surface area (Å²) in [5, 5.41) is 2.95. The maximum Gasteiger partial charge on any atom is 0.256 e. The van der Waals surface area contributed by atoms with Crippen molar-refractivity contribution in [1.29, 1.82) is 0 Å². The lowest BCUT2D eigenvalue weighted by Crippen LogP contribution is -2.44. The highest BCUT2D eigenvalue weighted by atomic mass is 16.5. The van der Waals surface area contributed by atoms with Crippen LogP contribution in [0, 0.1) is 12.8 Å². The molecule has 0 aromatic carbocycles. The summed E-state index contributed by atoms with van der Waals surface area (Å²) in [4.78, 5) is 17.2. The number of pyridine rings is 1. The average Bonchev–Trinajstić information content (AvgIpc) is 2.55. The number of ether oxygens (including phenoxy) is 3. The normalized spacial score (nSPS) is 13.6. The zero-order chi connectivity index (χ0) is 18.9. The molecule has 6 heteroatoms. The number of hydrogen-bond donors (Lipinski definition) is 1. The Kier molecular flexibility index (Phi) is 8.86. The van der Waals surface area contributed by atoms with E-state index in [-0.39, 0.29) is 5.91 Å². The van der Waals surface area contributed by atoms with E-state index in [0.29, 0.717) is 49.4 Å². The average molecular weight is 352 g/mol. The summed E-state index contributed by atoms with van der Waals surface area (Å²) < 4.78 is 16.3. The van der Waals surface area contributed by atoms with E-state index in [2.05, 4.69) is 24.1 Å². The zero-order valence-electron chi connectivity index (χ0n) is 16.3. The van der Waals surface area contributed by atoms with Gasteiger partial charge in [-0.1, -0.05) is 20.8 Å². The van der Waals surface area contributed by atoms with Crippen LogP contribution in [0.2, 0.25) is 0 Å². The van der Waals surface area contributed by atoms with Gasteiger partial charge in [-0.2, -0.15) is 0 Å². The molecule has 0 aliphatic carbocycles. The first-order valence-corrected chi connectivity index (χ1v) is 8.87. The summed E-state index contributed by atoms with van der Waals surface area (Å²) in [7, 11) is 1.62. The maximum absolute atomic E-state index is 12.8. The molecule has 0 bridgehead atoms. The minimum atomic E-state index is -0.857. The lowest BCUT2D eigenvalue weighted by atomic mass is 9.93. The van der Waals surface area contributed by atoms with Gasteiger partial charge in [-0.15, -0.1) is 0 Å². The number of hydrogen-bond acceptors (Lipinski definition) is 5. The van der Waals surface area contributed by atoms with Gasteiger partial charge in [0.05, 0.1) is 18.0 Å². The molecule has 25 heavy (non-hydrogen) atoms. The van der Waals surface area contributed by atoms with Crippen molar-refractivity contribution in [1.82, 2.24) is 4.98 Å². The molecule has 142 valence electrons. The van der Waals surface area contributed by atoms with Crippen LogP contribution >= 0.6 is 0 Å². The third kappa shape index (κ3) is 7.00. The van der Waals surface area contributed by atoms with Gasteiger partial charge in [0.2, 0.25) is 5.88 Å². The first-order valence-electron chi connectivity index (χ1n) is 8.87. The molecule has 0 unspecified atom stereocenters. The summed E-state index contributed by atoms with van der Waals surface area (Å²) in [6.07, 6.45) is 1.53. The van der Waals surface area contributed by atoms with E-state index < -0.39 is 5.60 Å². The number of nitrogens with one attached hydrogen (secondary N) is 1. The molecule has 0 saturated heterocycles. The molecular weight excluding hydrogens is 320 g/mol. The third-order valence-electron chi connectivity index (χ3n) is 3.75. The quantitative estimate of drug-likeness (QED) is 0.616. The van der Waals surface area contributed by atoms with Crippen LogP contribution in [0.25, 0.3) is 0 Å². The second-order valence-corrected chi connectivity index (χ2v) is 6.76. The Labute approximate surface area is 151 Å². The Bertz CT molecular complexity index is 548. The summed E-state index contributed by atoms with van der Waals surface area (Å²) in [6.45, 7) is 11.4. The van der Waals surface area contributed by atoms with Gasteiger partial charge in [-0.3, -0.25) is 4.79 Å². The summed E-state index contributed by atoms with van der Waals surface area (Å²) in [5.74, 6) is 0.718. The van der Waals surface area contributed by atoms with Crippen LogP contribution in [0.3, 0.4) is 0 Å². The molecule has 0 fully saturated rings. The van der Waals surface area contributed by atoms with Gasteiger partial charge in [0.1, 0.15) is 12.2 Å².